The topological polar surface area (TPSA) is 51.4 Å². The molecule has 176 valence electrons. The smallest absolute Gasteiger partial charge is 0.253 e. The summed E-state index contributed by atoms with van der Waals surface area (Å²) in [4.78, 5) is 20.3. The van der Waals surface area contributed by atoms with Crippen molar-refractivity contribution in [2.75, 3.05) is 31.5 Å². The molecule has 0 radical (unpaired) electrons. The first-order valence-electron chi connectivity index (χ1n) is 11.5. The predicted molar refractivity (Wildman–Crippen MR) is 139 cm³/mol. The van der Waals surface area contributed by atoms with Gasteiger partial charge in [0.15, 0.2) is 5.11 Å². The van der Waals surface area contributed by atoms with Crippen LogP contribution in [0, 0.1) is 19.7 Å². The van der Waals surface area contributed by atoms with Gasteiger partial charge < -0.3 is 20.1 Å². The highest BCUT2D eigenvalue weighted by Gasteiger charge is 2.15. The number of nitrogens with one attached hydrogen (secondary N) is 2. The van der Waals surface area contributed by atoms with E-state index in [4.69, 9.17) is 12.2 Å². The van der Waals surface area contributed by atoms with Crippen molar-refractivity contribution in [2.45, 2.75) is 40.7 Å². The number of rotatable bonds is 9. The molecule has 33 heavy (non-hydrogen) atoms. The van der Waals surface area contributed by atoms with Crippen LogP contribution in [0.3, 0.4) is 0 Å². The van der Waals surface area contributed by atoms with Gasteiger partial charge in [-0.3, -0.25) is 4.79 Å². The van der Waals surface area contributed by atoms with Gasteiger partial charge in [0.05, 0.1) is 6.54 Å². The number of anilines is 1. The highest BCUT2D eigenvalue weighted by atomic mass is 32.1. The zero-order valence-electron chi connectivity index (χ0n) is 19.9. The van der Waals surface area contributed by atoms with Crippen LogP contribution in [0.2, 0.25) is 0 Å². The van der Waals surface area contributed by atoms with E-state index in [1.807, 2.05) is 24.0 Å². The molecule has 3 aromatic rings. The van der Waals surface area contributed by atoms with Gasteiger partial charge in [-0.15, -0.1) is 0 Å². The maximum atomic E-state index is 13.3. The van der Waals surface area contributed by atoms with Gasteiger partial charge in [0.1, 0.15) is 5.82 Å². The summed E-state index contributed by atoms with van der Waals surface area (Å²) in [7, 11) is 0. The fourth-order valence-corrected chi connectivity index (χ4v) is 4.33. The summed E-state index contributed by atoms with van der Waals surface area (Å²) in [6.07, 6.45) is 0.913. The first-order valence-corrected chi connectivity index (χ1v) is 11.9. The molecule has 1 aromatic heterocycles. The van der Waals surface area contributed by atoms with Crippen LogP contribution in [0.15, 0.2) is 47.3 Å². The summed E-state index contributed by atoms with van der Waals surface area (Å²) >= 11 is 5.70. The van der Waals surface area contributed by atoms with Crippen molar-refractivity contribution in [3.8, 4) is 0 Å². The second-order valence-corrected chi connectivity index (χ2v) is 8.79. The van der Waals surface area contributed by atoms with E-state index in [0.29, 0.717) is 29.5 Å². The number of fused-ring (bicyclic) bond motifs is 1. The Hall–Kier alpha value is -2.77. The van der Waals surface area contributed by atoms with Gasteiger partial charge in [0, 0.05) is 28.7 Å². The van der Waals surface area contributed by atoms with E-state index in [1.54, 1.807) is 12.1 Å². The third-order valence-electron chi connectivity index (χ3n) is 5.93. The normalized spacial score (nSPS) is 11.2. The molecular formula is C26H33FN4OS. The third kappa shape index (κ3) is 6.62. The van der Waals surface area contributed by atoms with Crippen molar-refractivity contribution in [1.29, 1.82) is 0 Å². The average molecular weight is 469 g/mol. The Morgan fingerprint density at radius 2 is 1.76 bits per heavy atom. The molecule has 2 N–H and O–H groups in total. The van der Waals surface area contributed by atoms with Gasteiger partial charge in [-0.1, -0.05) is 19.9 Å². The fourth-order valence-electron chi connectivity index (χ4n) is 4.05. The lowest BCUT2D eigenvalue weighted by molar-refractivity contribution is 0.281. The van der Waals surface area contributed by atoms with Gasteiger partial charge >= 0.3 is 0 Å². The number of pyridine rings is 1. The Kier molecular flexibility index (Phi) is 8.58. The quantitative estimate of drug-likeness (QED) is 0.422. The largest absolute Gasteiger partial charge is 0.344 e. The van der Waals surface area contributed by atoms with Gasteiger partial charge in [-0.2, -0.15) is 0 Å². The van der Waals surface area contributed by atoms with Gasteiger partial charge in [-0.25, -0.2) is 4.39 Å². The molecule has 2 aromatic carbocycles. The zero-order chi connectivity index (χ0) is 24.0. The fraction of sp³-hybridized carbons (Fsp3) is 0.385. The molecule has 0 spiro atoms. The Morgan fingerprint density at radius 3 is 2.42 bits per heavy atom. The van der Waals surface area contributed by atoms with E-state index in [1.165, 1.54) is 12.1 Å². The molecule has 0 amide bonds. The molecule has 0 aliphatic heterocycles. The van der Waals surface area contributed by atoms with Crippen LogP contribution in [0.25, 0.3) is 10.9 Å². The molecule has 0 saturated heterocycles. The molecule has 0 aliphatic rings. The molecule has 0 unspecified atom stereocenters. The van der Waals surface area contributed by atoms with E-state index in [9.17, 15) is 9.18 Å². The molecule has 0 aliphatic carbocycles. The lowest BCUT2D eigenvalue weighted by Crippen LogP contribution is -2.38. The number of nitrogens with zero attached hydrogens (tertiary/aromatic N) is 2. The Balaban J connectivity index is 1.84. The molecule has 7 heteroatoms. The number of hydrogen-bond donors (Lipinski definition) is 2. The second-order valence-electron chi connectivity index (χ2n) is 8.41. The molecular weight excluding hydrogens is 435 g/mol. The predicted octanol–water partition coefficient (Wildman–Crippen LogP) is 5.21. The average Bonchev–Trinajstić information content (AvgIpc) is 2.78. The first-order chi connectivity index (χ1) is 15.8. The molecule has 0 saturated carbocycles. The van der Waals surface area contributed by atoms with E-state index >= 15 is 0 Å². The van der Waals surface area contributed by atoms with Gasteiger partial charge in [0.25, 0.3) is 5.56 Å². The Bertz CT molecular complexity index is 1160. The maximum Gasteiger partial charge on any atom is 0.253 e. The lowest BCUT2D eigenvalue weighted by atomic mass is 10.0. The molecule has 0 fully saturated rings. The van der Waals surface area contributed by atoms with Crippen molar-refractivity contribution < 1.29 is 4.39 Å². The summed E-state index contributed by atoms with van der Waals surface area (Å²) in [5, 5.41) is 4.75. The second kappa shape index (κ2) is 11.4. The highest BCUT2D eigenvalue weighted by Crippen LogP contribution is 2.19. The number of aryl methyl sites for hydroxylation is 2. The summed E-state index contributed by atoms with van der Waals surface area (Å²) in [5.41, 5.74) is 4.37. The highest BCUT2D eigenvalue weighted by molar-refractivity contribution is 7.80. The number of aromatic nitrogens is 1. The van der Waals surface area contributed by atoms with Crippen LogP contribution in [-0.4, -0.2) is 46.1 Å². The minimum atomic E-state index is -0.296. The minimum Gasteiger partial charge on any atom is -0.344 e. The number of thiocarbonyl (C=S) groups is 1. The molecule has 3 rings (SSSR count). The zero-order valence-corrected chi connectivity index (χ0v) is 20.7. The monoisotopic (exact) mass is 468 g/mol. The van der Waals surface area contributed by atoms with Crippen molar-refractivity contribution >= 4 is 33.9 Å². The standard InChI is InChI=1S/C26H33FN4OS/c1-5-30(6-2)12-7-13-31(26(33)28-22-10-8-21(27)9-11-22)17-20-16-23-19(4)14-18(3)15-24(23)29-25(20)32/h8-11,14-16H,5-7,12-13,17H2,1-4H3,(H,28,33)(H,29,32). The summed E-state index contributed by atoms with van der Waals surface area (Å²) < 4.78 is 13.3. The number of halogens is 1. The summed E-state index contributed by atoms with van der Waals surface area (Å²) in [6, 6.07) is 12.2. The number of aromatic amines is 1. The summed E-state index contributed by atoms with van der Waals surface area (Å²) in [6.45, 7) is 12.4. The van der Waals surface area contributed by atoms with Gasteiger partial charge in [-0.05, 0) is 99.6 Å². The molecule has 5 nitrogen and oxygen atoms in total. The minimum absolute atomic E-state index is 0.106. The first kappa shape index (κ1) is 24.9. The van der Waals surface area contributed by atoms with Crippen molar-refractivity contribution in [3.63, 3.8) is 0 Å². The lowest BCUT2D eigenvalue weighted by Gasteiger charge is -2.27. The van der Waals surface area contributed by atoms with E-state index in [-0.39, 0.29) is 11.4 Å². The molecule has 0 bridgehead atoms. The van der Waals surface area contributed by atoms with Crippen LogP contribution < -0.4 is 10.9 Å². The van der Waals surface area contributed by atoms with Crippen LogP contribution >= 0.6 is 12.2 Å². The molecule has 0 atom stereocenters. The SMILES string of the molecule is CCN(CC)CCCN(Cc1cc2c(C)cc(C)cc2[nH]c1=O)C(=S)Nc1ccc(F)cc1. The van der Waals surface area contributed by atoms with E-state index in [2.05, 4.69) is 42.0 Å². The van der Waals surface area contributed by atoms with E-state index in [0.717, 1.165) is 48.1 Å². The van der Waals surface area contributed by atoms with Crippen LogP contribution in [0.1, 0.15) is 37.0 Å². The van der Waals surface area contributed by atoms with E-state index < -0.39 is 0 Å². The van der Waals surface area contributed by atoms with Crippen molar-refractivity contribution in [2.24, 2.45) is 0 Å². The van der Waals surface area contributed by atoms with Gasteiger partial charge in [0.2, 0.25) is 0 Å². The van der Waals surface area contributed by atoms with Crippen LogP contribution in [0.5, 0.6) is 0 Å². The van der Waals surface area contributed by atoms with Crippen molar-refractivity contribution in [1.82, 2.24) is 14.8 Å². The maximum absolute atomic E-state index is 13.3. The summed E-state index contributed by atoms with van der Waals surface area (Å²) in [5.74, 6) is -0.296. The third-order valence-corrected chi connectivity index (χ3v) is 6.29. The van der Waals surface area contributed by atoms with Crippen LogP contribution in [0.4, 0.5) is 10.1 Å². The Morgan fingerprint density at radius 1 is 1.06 bits per heavy atom. The molecule has 1 heterocycles. The number of benzene rings is 2. The Labute approximate surface area is 200 Å². The number of hydrogen-bond acceptors (Lipinski definition) is 3. The van der Waals surface area contributed by atoms with Crippen LogP contribution in [-0.2, 0) is 6.54 Å². The number of H-pyrrole nitrogens is 1. The van der Waals surface area contributed by atoms with Crippen molar-refractivity contribution in [3.05, 3.63) is 75.3 Å².